The van der Waals surface area contributed by atoms with Gasteiger partial charge in [-0.25, -0.2) is 0 Å². The molecule has 19 heavy (non-hydrogen) atoms. The Bertz CT molecular complexity index is 441. The van der Waals surface area contributed by atoms with Crippen LogP contribution in [0.5, 0.6) is 0 Å². The third kappa shape index (κ3) is 4.66. The molecular weight excluding hydrogens is 287 g/mol. The van der Waals surface area contributed by atoms with Crippen molar-refractivity contribution >= 4 is 34.8 Å². The normalized spacial score (nSPS) is 12.5. The minimum Gasteiger partial charge on any atom is -0.395 e. The topological polar surface area (TPSA) is 52.6 Å². The van der Waals surface area contributed by atoms with Crippen molar-refractivity contribution in [1.82, 2.24) is 4.90 Å². The number of likely N-dealkylation sites (N-methyl/N-ethyl adjacent to an activating group) is 1. The number of amides is 1. The third-order valence-corrected chi connectivity index (χ3v) is 3.47. The van der Waals surface area contributed by atoms with Crippen LogP contribution in [-0.4, -0.2) is 41.7 Å². The lowest BCUT2D eigenvalue weighted by Gasteiger charge is -2.26. The van der Waals surface area contributed by atoms with Crippen LogP contribution in [0.3, 0.4) is 0 Å². The summed E-state index contributed by atoms with van der Waals surface area (Å²) in [6, 6.07) is 4.55. The van der Waals surface area contributed by atoms with Gasteiger partial charge in [0.2, 0.25) is 5.91 Å². The Kier molecular flexibility index (Phi) is 6.58. The maximum Gasteiger partial charge on any atom is 0.241 e. The van der Waals surface area contributed by atoms with E-state index in [1.54, 1.807) is 25.1 Å². The quantitative estimate of drug-likeness (QED) is 0.849. The van der Waals surface area contributed by atoms with E-state index in [0.29, 0.717) is 28.8 Å². The van der Waals surface area contributed by atoms with Crippen LogP contribution in [0.2, 0.25) is 10.0 Å². The van der Waals surface area contributed by atoms with E-state index in [4.69, 9.17) is 28.3 Å². The zero-order chi connectivity index (χ0) is 14.4. The van der Waals surface area contributed by atoms with Gasteiger partial charge in [-0.15, -0.1) is 0 Å². The number of carbonyl (C=O) groups is 1. The van der Waals surface area contributed by atoms with Gasteiger partial charge in [-0.3, -0.25) is 9.69 Å². The van der Waals surface area contributed by atoms with Crippen LogP contribution in [0.4, 0.5) is 5.69 Å². The lowest BCUT2D eigenvalue weighted by Crippen LogP contribution is -2.43. The molecule has 0 spiro atoms. The lowest BCUT2D eigenvalue weighted by molar-refractivity contribution is -0.120. The summed E-state index contributed by atoms with van der Waals surface area (Å²) in [5.41, 5.74) is 0.492. The molecule has 0 aliphatic rings. The van der Waals surface area contributed by atoms with E-state index < -0.39 is 0 Å². The molecule has 0 saturated heterocycles. The summed E-state index contributed by atoms with van der Waals surface area (Å²) in [6.45, 7) is 4.87. The maximum atomic E-state index is 12.1. The molecule has 1 atom stereocenters. The Labute approximate surface area is 123 Å². The van der Waals surface area contributed by atoms with Gasteiger partial charge < -0.3 is 10.4 Å². The molecule has 4 nitrogen and oxygen atoms in total. The van der Waals surface area contributed by atoms with Crippen LogP contribution in [0, 0.1) is 0 Å². The molecule has 1 rings (SSSR count). The molecule has 0 saturated carbocycles. The summed E-state index contributed by atoms with van der Waals surface area (Å²) < 4.78 is 0. The van der Waals surface area contributed by atoms with E-state index in [1.807, 2.05) is 11.8 Å². The molecule has 0 fully saturated rings. The molecule has 6 heteroatoms. The van der Waals surface area contributed by atoms with Crippen LogP contribution in [0.25, 0.3) is 0 Å². The molecule has 2 N–H and O–H groups in total. The predicted molar refractivity (Wildman–Crippen MR) is 78.9 cm³/mol. The summed E-state index contributed by atoms with van der Waals surface area (Å²) in [5, 5.41) is 12.7. The average molecular weight is 305 g/mol. The SMILES string of the molecule is CCN(CCO)C(C)C(=O)Nc1cc(Cl)ccc1Cl. The molecule has 0 aliphatic heterocycles. The first-order valence-corrected chi connectivity index (χ1v) is 6.86. The number of rotatable bonds is 6. The highest BCUT2D eigenvalue weighted by Gasteiger charge is 2.20. The second kappa shape index (κ2) is 7.70. The number of halogens is 2. The van der Waals surface area contributed by atoms with Gasteiger partial charge in [-0.1, -0.05) is 30.1 Å². The summed E-state index contributed by atoms with van der Waals surface area (Å²) >= 11 is 11.9. The van der Waals surface area contributed by atoms with Crippen molar-refractivity contribution in [3.05, 3.63) is 28.2 Å². The van der Waals surface area contributed by atoms with E-state index >= 15 is 0 Å². The summed E-state index contributed by atoms with van der Waals surface area (Å²) in [5.74, 6) is -0.181. The number of hydrogen-bond acceptors (Lipinski definition) is 3. The third-order valence-electron chi connectivity index (χ3n) is 2.91. The van der Waals surface area contributed by atoms with E-state index in [9.17, 15) is 4.79 Å². The highest BCUT2D eigenvalue weighted by Crippen LogP contribution is 2.25. The highest BCUT2D eigenvalue weighted by molar-refractivity contribution is 6.35. The fraction of sp³-hybridized carbons (Fsp3) is 0.462. The van der Waals surface area contributed by atoms with Gasteiger partial charge in [0.25, 0.3) is 0 Å². The van der Waals surface area contributed by atoms with E-state index in [0.717, 1.165) is 0 Å². The Morgan fingerprint density at radius 1 is 1.47 bits per heavy atom. The number of aliphatic hydroxyl groups excluding tert-OH is 1. The van der Waals surface area contributed by atoms with E-state index in [2.05, 4.69) is 5.32 Å². The van der Waals surface area contributed by atoms with Crippen molar-refractivity contribution in [3.63, 3.8) is 0 Å². The molecule has 1 aromatic carbocycles. The monoisotopic (exact) mass is 304 g/mol. The largest absolute Gasteiger partial charge is 0.395 e. The van der Waals surface area contributed by atoms with Gasteiger partial charge >= 0.3 is 0 Å². The minimum absolute atomic E-state index is 0.0172. The number of hydrogen-bond donors (Lipinski definition) is 2. The number of nitrogens with one attached hydrogen (secondary N) is 1. The van der Waals surface area contributed by atoms with Crippen LogP contribution >= 0.6 is 23.2 Å². The number of carbonyl (C=O) groups excluding carboxylic acids is 1. The smallest absolute Gasteiger partial charge is 0.241 e. The fourth-order valence-electron chi connectivity index (χ4n) is 1.75. The maximum absolute atomic E-state index is 12.1. The van der Waals surface area contributed by atoms with Crippen molar-refractivity contribution in [2.45, 2.75) is 19.9 Å². The van der Waals surface area contributed by atoms with Crippen molar-refractivity contribution in [2.24, 2.45) is 0 Å². The van der Waals surface area contributed by atoms with Gasteiger partial charge in [0, 0.05) is 11.6 Å². The molecule has 0 aromatic heterocycles. The Morgan fingerprint density at radius 3 is 2.74 bits per heavy atom. The Balaban J connectivity index is 2.75. The first kappa shape index (κ1) is 16.2. The molecular formula is C13H18Cl2N2O2. The average Bonchev–Trinajstić information content (AvgIpc) is 2.39. The fourth-order valence-corrected chi connectivity index (χ4v) is 2.09. The molecule has 0 heterocycles. The summed E-state index contributed by atoms with van der Waals surface area (Å²) in [4.78, 5) is 14.0. The molecule has 106 valence electrons. The number of benzene rings is 1. The van der Waals surface area contributed by atoms with Crippen LogP contribution < -0.4 is 5.32 Å². The number of aliphatic hydroxyl groups is 1. The van der Waals surface area contributed by atoms with Crippen LogP contribution in [-0.2, 0) is 4.79 Å². The van der Waals surface area contributed by atoms with Crippen molar-refractivity contribution < 1.29 is 9.90 Å². The van der Waals surface area contributed by atoms with Crippen LogP contribution in [0.1, 0.15) is 13.8 Å². The molecule has 1 aromatic rings. The van der Waals surface area contributed by atoms with E-state index in [-0.39, 0.29) is 18.6 Å². The standard InChI is InChI=1S/C13H18Cl2N2O2/c1-3-17(6-7-18)9(2)13(19)16-12-8-10(14)4-5-11(12)15/h4-5,8-9,18H,3,6-7H2,1-2H3,(H,16,19). The predicted octanol–water partition coefficient (Wildman–Crippen LogP) is 2.63. The van der Waals surface area contributed by atoms with Crippen molar-refractivity contribution in [2.75, 3.05) is 25.0 Å². The lowest BCUT2D eigenvalue weighted by atomic mass is 10.2. The Morgan fingerprint density at radius 2 is 2.16 bits per heavy atom. The Hall–Kier alpha value is -0.810. The van der Waals surface area contributed by atoms with Gasteiger partial charge in [0.15, 0.2) is 0 Å². The zero-order valence-corrected chi connectivity index (χ0v) is 12.5. The molecule has 0 bridgehead atoms. The van der Waals surface area contributed by atoms with E-state index in [1.165, 1.54) is 0 Å². The second-order valence-electron chi connectivity index (χ2n) is 4.14. The molecule has 0 aliphatic carbocycles. The zero-order valence-electron chi connectivity index (χ0n) is 11.0. The van der Waals surface area contributed by atoms with Gasteiger partial charge in [-0.2, -0.15) is 0 Å². The highest BCUT2D eigenvalue weighted by atomic mass is 35.5. The first-order valence-electron chi connectivity index (χ1n) is 6.10. The summed E-state index contributed by atoms with van der Waals surface area (Å²) in [6.07, 6.45) is 0. The van der Waals surface area contributed by atoms with Crippen molar-refractivity contribution in [1.29, 1.82) is 0 Å². The second-order valence-corrected chi connectivity index (χ2v) is 4.99. The molecule has 1 amide bonds. The minimum atomic E-state index is -0.354. The number of nitrogens with zero attached hydrogens (tertiary/aromatic N) is 1. The van der Waals surface area contributed by atoms with Gasteiger partial charge in [0.1, 0.15) is 0 Å². The summed E-state index contributed by atoms with van der Waals surface area (Å²) in [7, 11) is 0. The van der Waals surface area contributed by atoms with Gasteiger partial charge in [-0.05, 0) is 31.7 Å². The van der Waals surface area contributed by atoms with Crippen LogP contribution in [0.15, 0.2) is 18.2 Å². The number of anilines is 1. The first-order chi connectivity index (χ1) is 8.99. The van der Waals surface area contributed by atoms with Gasteiger partial charge in [0.05, 0.1) is 23.4 Å². The molecule has 1 unspecified atom stereocenters. The van der Waals surface area contributed by atoms with Crippen molar-refractivity contribution in [3.8, 4) is 0 Å². The molecule has 0 radical (unpaired) electrons.